The van der Waals surface area contributed by atoms with E-state index in [9.17, 15) is 0 Å². The van der Waals surface area contributed by atoms with Crippen molar-refractivity contribution in [3.63, 3.8) is 0 Å². The summed E-state index contributed by atoms with van der Waals surface area (Å²) in [6.07, 6.45) is 0. The van der Waals surface area contributed by atoms with E-state index in [0.717, 1.165) is 0 Å². The van der Waals surface area contributed by atoms with Gasteiger partial charge < -0.3 is 5.73 Å². The van der Waals surface area contributed by atoms with Crippen molar-refractivity contribution in [2.75, 3.05) is 0 Å². The zero-order valence-corrected chi connectivity index (χ0v) is 10.8. The minimum absolute atomic E-state index is 0.250. The van der Waals surface area contributed by atoms with Crippen LogP contribution in [0.4, 0.5) is 0 Å². The van der Waals surface area contributed by atoms with Crippen molar-refractivity contribution in [1.29, 1.82) is 0 Å². The van der Waals surface area contributed by atoms with E-state index in [4.69, 9.17) is 5.73 Å². The lowest BCUT2D eigenvalue weighted by atomic mass is 9.85. The molecule has 15 heavy (non-hydrogen) atoms. The molecule has 1 aromatic rings. The molecule has 0 radical (unpaired) electrons. The molecule has 0 aliphatic carbocycles. The molecule has 0 saturated heterocycles. The van der Waals surface area contributed by atoms with Crippen LogP contribution in [0.5, 0.6) is 0 Å². The first-order chi connectivity index (χ1) is 6.73. The summed E-state index contributed by atoms with van der Waals surface area (Å²) in [6.45, 7) is 12.9. The van der Waals surface area contributed by atoms with Crippen LogP contribution in [0, 0.1) is 13.8 Å². The van der Waals surface area contributed by atoms with Crippen LogP contribution in [0.3, 0.4) is 0 Å². The highest BCUT2D eigenvalue weighted by Gasteiger charge is 2.19. The summed E-state index contributed by atoms with van der Waals surface area (Å²) in [5.41, 5.74) is 11.3. The van der Waals surface area contributed by atoms with Crippen LogP contribution in [-0.4, -0.2) is 0 Å². The highest BCUT2D eigenvalue weighted by atomic mass is 14.7. The molecular formula is C14H23N. The topological polar surface area (TPSA) is 26.0 Å². The van der Waals surface area contributed by atoms with Gasteiger partial charge in [0.15, 0.2) is 0 Å². The van der Waals surface area contributed by atoms with E-state index >= 15 is 0 Å². The van der Waals surface area contributed by atoms with Crippen molar-refractivity contribution in [3.05, 3.63) is 34.4 Å². The molecule has 84 valence electrons. The van der Waals surface area contributed by atoms with Gasteiger partial charge in [-0.05, 0) is 55.9 Å². The van der Waals surface area contributed by atoms with Crippen LogP contribution in [0.25, 0.3) is 0 Å². The Labute approximate surface area is 93.7 Å². The van der Waals surface area contributed by atoms with Gasteiger partial charge in [0.2, 0.25) is 0 Å². The molecule has 1 aromatic carbocycles. The quantitative estimate of drug-likeness (QED) is 0.784. The van der Waals surface area contributed by atoms with Gasteiger partial charge in [-0.15, -0.1) is 0 Å². The van der Waals surface area contributed by atoms with Gasteiger partial charge in [-0.25, -0.2) is 0 Å². The van der Waals surface area contributed by atoms with Gasteiger partial charge in [0.25, 0.3) is 0 Å². The van der Waals surface area contributed by atoms with Gasteiger partial charge in [0.1, 0.15) is 0 Å². The maximum Gasteiger partial charge on any atom is 0.0355 e. The normalized spacial score (nSPS) is 12.3. The van der Waals surface area contributed by atoms with Crippen molar-refractivity contribution < 1.29 is 0 Å². The first kappa shape index (κ1) is 12.3. The Hall–Kier alpha value is -0.820. The molecule has 0 saturated carbocycles. The Kier molecular flexibility index (Phi) is 3.25. The standard InChI is InChI=1S/C14H23N/c1-9(2)12-7-10(3)11(4)13(8-12)14(5,6)15/h7-9H,15H2,1-6H3. The van der Waals surface area contributed by atoms with Crippen LogP contribution in [0.2, 0.25) is 0 Å². The van der Waals surface area contributed by atoms with Crippen molar-refractivity contribution in [2.45, 2.75) is 53.0 Å². The number of benzene rings is 1. The number of hydrogen-bond acceptors (Lipinski definition) is 1. The van der Waals surface area contributed by atoms with E-state index < -0.39 is 0 Å². The summed E-state index contributed by atoms with van der Waals surface area (Å²) in [5, 5.41) is 0. The Bertz CT molecular complexity index is 356. The molecule has 0 fully saturated rings. The lowest BCUT2D eigenvalue weighted by molar-refractivity contribution is 0.548. The summed E-state index contributed by atoms with van der Waals surface area (Å²) in [4.78, 5) is 0. The van der Waals surface area contributed by atoms with E-state index in [1.54, 1.807) is 0 Å². The van der Waals surface area contributed by atoms with Gasteiger partial charge in [-0.2, -0.15) is 0 Å². The van der Waals surface area contributed by atoms with Crippen molar-refractivity contribution in [1.82, 2.24) is 0 Å². The highest BCUT2D eigenvalue weighted by molar-refractivity contribution is 5.42. The highest BCUT2D eigenvalue weighted by Crippen LogP contribution is 2.28. The molecular weight excluding hydrogens is 182 g/mol. The van der Waals surface area contributed by atoms with Crippen LogP contribution in [0.15, 0.2) is 12.1 Å². The molecule has 0 aromatic heterocycles. The van der Waals surface area contributed by atoms with E-state index in [-0.39, 0.29) is 5.54 Å². The van der Waals surface area contributed by atoms with E-state index in [1.165, 1.54) is 22.3 Å². The Morgan fingerprint density at radius 3 is 2.07 bits per heavy atom. The first-order valence-corrected chi connectivity index (χ1v) is 5.64. The van der Waals surface area contributed by atoms with Crippen molar-refractivity contribution in [2.24, 2.45) is 5.73 Å². The second kappa shape index (κ2) is 3.97. The predicted octanol–water partition coefficient (Wildman–Crippen LogP) is 3.62. The second-order valence-corrected chi connectivity index (χ2v) is 5.39. The summed E-state index contributed by atoms with van der Waals surface area (Å²) in [5.74, 6) is 0.561. The van der Waals surface area contributed by atoms with Crippen molar-refractivity contribution >= 4 is 0 Å². The molecule has 0 amide bonds. The average molecular weight is 205 g/mol. The molecule has 0 unspecified atom stereocenters. The smallest absolute Gasteiger partial charge is 0.0355 e. The molecule has 1 rings (SSSR count). The molecule has 0 aliphatic heterocycles. The molecule has 0 aliphatic rings. The first-order valence-electron chi connectivity index (χ1n) is 5.64. The molecule has 0 spiro atoms. The van der Waals surface area contributed by atoms with Gasteiger partial charge >= 0.3 is 0 Å². The third-order valence-corrected chi connectivity index (χ3v) is 3.05. The zero-order valence-electron chi connectivity index (χ0n) is 10.8. The average Bonchev–Trinajstić information content (AvgIpc) is 2.06. The zero-order chi connectivity index (χ0) is 11.8. The lowest BCUT2D eigenvalue weighted by Gasteiger charge is -2.24. The summed E-state index contributed by atoms with van der Waals surface area (Å²) in [7, 11) is 0. The maximum atomic E-state index is 6.20. The molecule has 2 N–H and O–H groups in total. The van der Waals surface area contributed by atoms with Gasteiger partial charge in [0, 0.05) is 5.54 Å². The molecule has 0 heterocycles. The van der Waals surface area contributed by atoms with Gasteiger partial charge in [0.05, 0.1) is 0 Å². The number of nitrogens with two attached hydrogens (primary N) is 1. The monoisotopic (exact) mass is 205 g/mol. The van der Waals surface area contributed by atoms with E-state index in [0.29, 0.717) is 5.92 Å². The third kappa shape index (κ3) is 2.60. The van der Waals surface area contributed by atoms with E-state index in [1.807, 2.05) is 0 Å². The minimum atomic E-state index is -0.250. The molecule has 1 heteroatoms. The number of hydrogen-bond donors (Lipinski definition) is 1. The summed E-state index contributed by atoms with van der Waals surface area (Å²) >= 11 is 0. The SMILES string of the molecule is Cc1cc(C(C)C)cc(C(C)(C)N)c1C. The fraction of sp³-hybridized carbons (Fsp3) is 0.571. The molecule has 1 nitrogen and oxygen atoms in total. The molecule has 0 bridgehead atoms. The fourth-order valence-electron chi connectivity index (χ4n) is 1.89. The van der Waals surface area contributed by atoms with Gasteiger partial charge in [-0.1, -0.05) is 26.0 Å². The minimum Gasteiger partial charge on any atom is -0.322 e. The predicted molar refractivity (Wildman–Crippen MR) is 67.2 cm³/mol. The van der Waals surface area contributed by atoms with Crippen molar-refractivity contribution in [3.8, 4) is 0 Å². The van der Waals surface area contributed by atoms with E-state index in [2.05, 4.69) is 53.7 Å². The number of rotatable bonds is 2. The maximum absolute atomic E-state index is 6.20. The van der Waals surface area contributed by atoms with Crippen LogP contribution >= 0.6 is 0 Å². The second-order valence-electron chi connectivity index (χ2n) is 5.39. The van der Waals surface area contributed by atoms with Crippen LogP contribution < -0.4 is 5.73 Å². The fourth-order valence-corrected chi connectivity index (χ4v) is 1.89. The summed E-state index contributed by atoms with van der Waals surface area (Å²) < 4.78 is 0. The van der Waals surface area contributed by atoms with Gasteiger partial charge in [-0.3, -0.25) is 0 Å². The largest absolute Gasteiger partial charge is 0.322 e. The Balaban J connectivity index is 3.38. The summed E-state index contributed by atoms with van der Waals surface area (Å²) in [6, 6.07) is 4.53. The third-order valence-electron chi connectivity index (χ3n) is 3.05. The van der Waals surface area contributed by atoms with Crippen LogP contribution in [0.1, 0.15) is 55.9 Å². The Morgan fingerprint density at radius 1 is 1.13 bits per heavy atom. The lowest BCUT2D eigenvalue weighted by Crippen LogP contribution is -2.30. The molecule has 0 atom stereocenters. The van der Waals surface area contributed by atoms with Crippen LogP contribution in [-0.2, 0) is 5.54 Å². The number of aryl methyl sites for hydroxylation is 1. The Morgan fingerprint density at radius 2 is 1.67 bits per heavy atom.